The minimum Gasteiger partial charge on any atom is -0.372 e. The third-order valence-electron chi connectivity index (χ3n) is 4.30. The van der Waals surface area contributed by atoms with Crippen LogP contribution in [0.5, 0.6) is 0 Å². The van der Waals surface area contributed by atoms with E-state index in [0.29, 0.717) is 17.5 Å². The van der Waals surface area contributed by atoms with Crippen molar-refractivity contribution in [3.8, 4) is 0 Å². The molecule has 0 amide bonds. The first-order valence-electron chi connectivity index (χ1n) is 9.18. The van der Waals surface area contributed by atoms with E-state index in [-0.39, 0.29) is 0 Å². The molecule has 3 aromatic rings. The van der Waals surface area contributed by atoms with Gasteiger partial charge >= 0.3 is 0 Å². The lowest BCUT2D eigenvalue weighted by molar-refractivity contribution is 0.509. The van der Waals surface area contributed by atoms with Crippen LogP contribution in [0.25, 0.3) is 0 Å². The highest BCUT2D eigenvalue weighted by molar-refractivity contribution is 5.63. The number of nitrogens with zero attached hydrogens (tertiary/aromatic N) is 3. The summed E-state index contributed by atoms with van der Waals surface area (Å²) in [6, 6.07) is 13.5. The van der Waals surface area contributed by atoms with Crippen molar-refractivity contribution in [2.75, 3.05) is 28.6 Å². The molecule has 2 aromatic carbocycles. The van der Waals surface area contributed by atoms with Gasteiger partial charge in [-0.1, -0.05) is 0 Å². The van der Waals surface area contributed by atoms with Crippen LogP contribution < -0.4 is 15.5 Å². The van der Waals surface area contributed by atoms with Gasteiger partial charge in [0.15, 0.2) is 11.6 Å². The molecule has 1 aromatic heterocycles. The molecule has 28 heavy (non-hydrogen) atoms. The maximum absolute atomic E-state index is 13.4. The summed E-state index contributed by atoms with van der Waals surface area (Å²) in [5.41, 5.74) is 3.17. The van der Waals surface area contributed by atoms with Gasteiger partial charge in [0.25, 0.3) is 0 Å². The summed E-state index contributed by atoms with van der Waals surface area (Å²) in [6.07, 6.45) is 0. The molecule has 0 saturated carbocycles. The minimum absolute atomic E-state index is 0.299. The SMILES string of the molecule is CCN(CC)c1ccc(Nc2cc(C)nc(Nc3ccc(F)c(F)c3)n2)cc1. The van der Waals surface area contributed by atoms with E-state index in [1.54, 1.807) is 0 Å². The van der Waals surface area contributed by atoms with Crippen LogP contribution >= 0.6 is 0 Å². The molecule has 0 fully saturated rings. The summed E-state index contributed by atoms with van der Waals surface area (Å²) in [5.74, 6) is -0.919. The van der Waals surface area contributed by atoms with Crippen LogP contribution in [0.2, 0.25) is 0 Å². The summed E-state index contributed by atoms with van der Waals surface area (Å²) in [6.45, 7) is 8.00. The largest absolute Gasteiger partial charge is 0.372 e. The van der Waals surface area contributed by atoms with Gasteiger partial charge in [-0.15, -0.1) is 0 Å². The fourth-order valence-corrected chi connectivity index (χ4v) is 2.88. The number of hydrogen-bond acceptors (Lipinski definition) is 5. The van der Waals surface area contributed by atoms with Crippen LogP contribution in [-0.2, 0) is 0 Å². The van der Waals surface area contributed by atoms with E-state index in [2.05, 4.69) is 51.5 Å². The molecule has 0 spiro atoms. The van der Waals surface area contributed by atoms with Gasteiger partial charge < -0.3 is 15.5 Å². The van der Waals surface area contributed by atoms with Crippen molar-refractivity contribution in [2.45, 2.75) is 20.8 Å². The number of rotatable bonds is 7. The average Bonchev–Trinajstić information content (AvgIpc) is 2.66. The van der Waals surface area contributed by atoms with Gasteiger partial charge in [0.05, 0.1) is 0 Å². The highest BCUT2D eigenvalue weighted by Crippen LogP contribution is 2.22. The summed E-state index contributed by atoms with van der Waals surface area (Å²) < 4.78 is 26.5. The van der Waals surface area contributed by atoms with Crippen LogP contribution in [-0.4, -0.2) is 23.1 Å². The summed E-state index contributed by atoms with van der Waals surface area (Å²) >= 11 is 0. The van der Waals surface area contributed by atoms with Crippen LogP contribution in [0.1, 0.15) is 19.5 Å². The Labute approximate surface area is 163 Å². The van der Waals surface area contributed by atoms with E-state index in [9.17, 15) is 8.78 Å². The second-order valence-corrected chi connectivity index (χ2v) is 6.32. The van der Waals surface area contributed by atoms with Gasteiger partial charge in [-0.05, 0) is 57.2 Å². The first-order chi connectivity index (χ1) is 13.5. The zero-order valence-corrected chi connectivity index (χ0v) is 16.1. The third-order valence-corrected chi connectivity index (χ3v) is 4.30. The van der Waals surface area contributed by atoms with Gasteiger partial charge in [-0.25, -0.2) is 13.8 Å². The monoisotopic (exact) mass is 383 g/mol. The summed E-state index contributed by atoms with van der Waals surface area (Å²) in [4.78, 5) is 11.0. The normalized spacial score (nSPS) is 10.6. The molecule has 0 radical (unpaired) electrons. The minimum atomic E-state index is -0.927. The Morgan fingerprint density at radius 1 is 0.821 bits per heavy atom. The van der Waals surface area contributed by atoms with Crippen molar-refractivity contribution in [2.24, 2.45) is 0 Å². The smallest absolute Gasteiger partial charge is 0.229 e. The van der Waals surface area contributed by atoms with Crippen molar-refractivity contribution >= 4 is 28.8 Å². The molecule has 1 heterocycles. The zero-order valence-electron chi connectivity index (χ0n) is 16.1. The first-order valence-corrected chi connectivity index (χ1v) is 9.18. The van der Waals surface area contributed by atoms with E-state index in [1.165, 1.54) is 6.07 Å². The third kappa shape index (κ3) is 4.73. The van der Waals surface area contributed by atoms with Crippen LogP contribution in [0, 0.1) is 18.6 Å². The molecule has 3 rings (SSSR count). The van der Waals surface area contributed by atoms with Crippen molar-refractivity contribution < 1.29 is 8.78 Å². The second kappa shape index (κ2) is 8.65. The molecule has 0 unspecified atom stereocenters. The molecule has 0 bridgehead atoms. The number of halogens is 2. The van der Waals surface area contributed by atoms with Crippen LogP contribution in [0.15, 0.2) is 48.5 Å². The number of aromatic nitrogens is 2. The quantitative estimate of drug-likeness (QED) is 0.572. The Hall–Kier alpha value is -3.22. The fraction of sp³-hybridized carbons (Fsp3) is 0.238. The number of nitrogens with one attached hydrogen (secondary N) is 2. The average molecular weight is 383 g/mol. The van der Waals surface area contributed by atoms with Crippen molar-refractivity contribution in [3.63, 3.8) is 0 Å². The van der Waals surface area contributed by atoms with E-state index in [0.717, 1.165) is 42.3 Å². The lowest BCUT2D eigenvalue weighted by atomic mass is 10.2. The first kappa shape index (κ1) is 19.5. The zero-order chi connectivity index (χ0) is 20.1. The fourth-order valence-electron chi connectivity index (χ4n) is 2.88. The molecule has 0 aliphatic heterocycles. The second-order valence-electron chi connectivity index (χ2n) is 6.32. The molecular formula is C21H23F2N5. The maximum Gasteiger partial charge on any atom is 0.229 e. The topological polar surface area (TPSA) is 53.1 Å². The van der Waals surface area contributed by atoms with Crippen LogP contribution in [0.3, 0.4) is 0 Å². The molecule has 0 atom stereocenters. The van der Waals surface area contributed by atoms with E-state index in [1.807, 2.05) is 25.1 Å². The van der Waals surface area contributed by atoms with E-state index >= 15 is 0 Å². The molecule has 2 N–H and O–H groups in total. The van der Waals surface area contributed by atoms with E-state index < -0.39 is 11.6 Å². The van der Waals surface area contributed by atoms with Gasteiger partial charge in [-0.2, -0.15) is 4.98 Å². The van der Waals surface area contributed by atoms with Gasteiger partial charge in [0.1, 0.15) is 5.82 Å². The highest BCUT2D eigenvalue weighted by atomic mass is 19.2. The van der Waals surface area contributed by atoms with Gasteiger partial charge in [-0.3, -0.25) is 0 Å². The van der Waals surface area contributed by atoms with Crippen LogP contribution in [0.4, 0.5) is 37.6 Å². The van der Waals surface area contributed by atoms with E-state index in [4.69, 9.17) is 0 Å². The number of aryl methyl sites for hydroxylation is 1. The molecule has 0 saturated heterocycles. The molecule has 146 valence electrons. The Bertz CT molecular complexity index is 940. The number of benzene rings is 2. The van der Waals surface area contributed by atoms with Crippen molar-refractivity contribution in [1.82, 2.24) is 9.97 Å². The lowest BCUT2D eigenvalue weighted by Crippen LogP contribution is -2.21. The van der Waals surface area contributed by atoms with Gasteiger partial charge in [0, 0.05) is 48.0 Å². The standard InChI is InChI=1S/C21H23F2N5/c1-4-28(5-2)17-9-6-15(7-10-17)25-20-12-14(3)24-21(27-20)26-16-8-11-18(22)19(23)13-16/h6-13H,4-5H2,1-3H3,(H2,24,25,26,27). The molecule has 7 heteroatoms. The highest BCUT2D eigenvalue weighted by Gasteiger charge is 2.07. The molecule has 5 nitrogen and oxygen atoms in total. The summed E-state index contributed by atoms with van der Waals surface area (Å²) in [7, 11) is 0. The maximum atomic E-state index is 13.4. The van der Waals surface area contributed by atoms with Crippen molar-refractivity contribution in [3.05, 3.63) is 65.9 Å². The summed E-state index contributed by atoms with van der Waals surface area (Å²) in [5, 5.41) is 6.15. The Morgan fingerprint density at radius 3 is 2.14 bits per heavy atom. The Kier molecular flexibility index (Phi) is 6.03. The number of hydrogen-bond donors (Lipinski definition) is 2. The number of anilines is 5. The van der Waals surface area contributed by atoms with Crippen molar-refractivity contribution in [1.29, 1.82) is 0 Å². The predicted octanol–water partition coefficient (Wildman–Crippen LogP) is 5.40. The Morgan fingerprint density at radius 2 is 1.50 bits per heavy atom. The van der Waals surface area contributed by atoms with Gasteiger partial charge in [0.2, 0.25) is 5.95 Å². The Balaban J connectivity index is 1.76. The molecule has 0 aliphatic rings. The lowest BCUT2D eigenvalue weighted by Gasteiger charge is -2.21. The molecule has 0 aliphatic carbocycles. The predicted molar refractivity (Wildman–Crippen MR) is 110 cm³/mol. The molecular weight excluding hydrogens is 360 g/mol.